The maximum atomic E-state index is 9.11. The van der Waals surface area contributed by atoms with E-state index >= 15 is 0 Å². The number of morpholine rings is 1. The Morgan fingerprint density at radius 1 is 1.19 bits per heavy atom. The van der Waals surface area contributed by atoms with Crippen LogP contribution in [0, 0.1) is 0 Å². The number of aromatic nitrogens is 3. The molecule has 1 aromatic heterocycles. The van der Waals surface area contributed by atoms with Gasteiger partial charge in [0.05, 0.1) is 25.4 Å². The molecule has 3 rings (SSSR count). The lowest BCUT2D eigenvalue weighted by Crippen LogP contribution is -2.44. The van der Waals surface area contributed by atoms with E-state index in [1.54, 1.807) is 0 Å². The van der Waals surface area contributed by atoms with Crippen LogP contribution in [0.1, 0.15) is 32.4 Å². The highest BCUT2D eigenvalue weighted by Gasteiger charge is 2.30. The van der Waals surface area contributed by atoms with Crippen LogP contribution >= 0.6 is 0 Å². The van der Waals surface area contributed by atoms with Gasteiger partial charge in [-0.1, -0.05) is 30.3 Å². The van der Waals surface area contributed by atoms with E-state index in [-0.39, 0.29) is 24.8 Å². The predicted octanol–water partition coefficient (Wildman–Crippen LogP) is 2.06. The average molecular weight is 372 g/mol. The van der Waals surface area contributed by atoms with Crippen molar-refractivity contribution in [1.82, 2.24) is 15.0 Å². The summed E-state index contributed by atoms with van der Waals surface area (Å²) in [4.78, 5) is 15.8. The van der Waals surface area contributed by atoms with Crippen LogP contribution in [0.25, 0.3) is 0 Å². The minimum absolute atomic E-state index is 0.00911. The first kappa shape index (κ1) is 19.3. The van der Waals surface area contributed by atoms with Gasteiger partial charge in [0.2, 0.25) is 17.8 Å². The van der Waals surface area contributed by atoms with Crippen LogP contribution in [0.5, 0.6) is 0 Å². The summed E-state index contributed by atoms with van der Waals surface area (Å²) in [5, 5.41) is 15.4. The van der Waals surface area contributed by atoms with Gasteiger partial charge in [-0.3, -0.25) is 0 Å². The fourth-order valence-corrected chi connectivity index (χ4v) is 3.04. The lowest BCUT2D eigenvalue weighted by Gasteiger charge is -2.39. The van der Waals surface area contributed by atoms with Crippen molar-refractivity contribution in [2.45, 2.75) is 39.0 Å². The number of aliphatic hydroxyl groups is 1. The second-order valence-corrected chi connectivity index (χ2v) is 6.95. The van der Waals surface area contributed by atoms with Gasteiger partial charge in [-0.25, -0.2) is 0 Å². The molecule has 1 aliphatic heterocycles. The fraction of sp³-hybridized carbons (Fsp3) is 0.526. The molecule has 2 atom stereocenters. The molecule has 8 heteroatoms. The van der Waals surface area contributed by atoms with Gasteiger partial charge >= 0.3 is 0 Å². The van der Waals surface area contributed by atoms with Gasteiger partial charge in [-0.15, -0.1) is 0 Å². The highest BCUT2D eigenvalue weighted by molar-refractivity contribution is 5.46. The summed E-state index contributed by atoms with van der Waals surface area (Å²) < 4.78 is 5.91. The van der Waals surface area contributed by atoms with Crippen LogP contribution in [0.4, 0.5) is 17.8 Å². The Morgan fingerprint density at radius 2 is 1.93 bits per heavy atom. The Bertz CT molecular complexity index is 727. The SMILES string of the molecule is CC(C)Nc1nc(NCCO)nc(N2C[C@@H](C)OC[C@H]2c2ccccc2)n1. The second kappa shape index (κ2) is 8.96. The van der Waals surface area contributed by atoms with Crippen LogP contribution in [0.3, 0.4) is 0 Å². The molecule has 27 heavy (non-hydrogen) atoms. The standard InChI is InChI=1S/C19H28N6O2/c1-13(2)21-18-22-17(20-9-10-26)23-19(24-18)25-11-14(3)27-12-16(25)15-7-5-4-6-8-15/h4-8,13-14,16,26H,9-12H2,1-3H3,(H2,20,21,22,23,24)/t14-,16+/m1/s1. The minimum atomic E-state index is 0.00911. The fourth-order valence-electron chi connectivity index (χ4n) is 3.04. The number of hydrogen-bond donors (Lipinski definition) is 3. The smallest absolute Gasteiger partial charge is 0.232 e. The summed E-state index contributed by atoms with van der Waals surface area (Å²) in [7, 11) is 0. The Morgan fingerprint density at radius 3 is 2.63 bits per heavy atom. The molecule has 1 aromatic carbocycles. The lowest BCUT2D eigenvalue weighted by molar-refractivity contribution is 0.0296. The maximum Gasteiger partial charge on any atom is 0.232 e. The number of aliphatic hydroxyl groups excluding tert-OH is 1. The molecule has 0 saturated carbocycles. The largest absolute Gasteiger partial charge is 0.395 e. The van der Waals surface area contributed by atoms with Crippen molar-refractivity contribution < 1.29 is 9.84 Å². The van der Waals surface area contributed by atoms with Crippen molar-refractivity contribution in [3.8, 4) is 0 Å². The zero-order valence-electron chi connectivity index (χ0n) is 16.1. The van der Waals surface area contributed by atoms with E-state index in [0.29, 0.717) is 37.5 Å². The summed E-state index contributed by atoms with van der Waals surface area (Å²) in [6, 6.07) is 10.5. The van der Waals surface area contributed by atoms with Crippen molar-refractivity contribution in [1.29, 1.82) is 0 Å². The van der Waals surface area contributed by atoms with E-state index < -0.39 is 0 Å². The van der Waals surface area contributed by atoms with Crippen LogP contribution in [-0.4, -0.2) is 58.5 Å². The van der Waals surface area contributed by atoms with E-state index in [9.17, 15) is 0 Å². The zero-order valence-corrected chi connectivity index (χ0v) is 16.1. The molecule has 1 fully saturated rings. The lowest BCUT2D eigenvalue weighted by atomic mass is 10.0. The Kier molecular flexibility index (Phi) is 6.41. The molecule has 0 aliphatic carbocycles. The minimum Gasteiger partial charge on any atom is -0.395 e. The van der Waals surface area contributed by atoms with E-state index in [4.69, 9.17) is 9.84 Å². The maximum absolute atomic E-state index is 9.11. The van der Waals surface area contributed by atoms with E-state index in [1.807, 2.05) is 39.0 Å². The molecular formula is C19H28N6O2. The Balaban J connectivity index is 1.96. The number of nitrogens with one attached hydrogen (secondary N) is 2. The molecule has 0 unspecified atom stereocenters. The topological polar surface area (TPSA) is 95.4 Å². The van der Waals surface area contributed by atoms with Gasteiger partial charge in [0, 0.05) is 19.1 Å². The number of benzene rings is 1. The highest BCUT2D eigenvalue weighted by Crippen LogP contribution is 2.30. The third-order valence-corrected chi connectivity index (χ3v) is 4.25. The van der Waals surface area contributed by atoms with Gasteiger partial charge in [-0.05, 0) is 26.3 Å². The molecule has 2 heterocycles. The van der Waals surface area contributed by atoms with Crippen LogP contribution in [-0.2, 0) is 4.74 Å². The first-order valence-corrected chi connectivity index (χ1v) is 9.37. The molecule has 146 valence electrons. The van der Waals surface area contributed by atoms with Gasteiger partial charge in [0.15, 0.2) is 0 Å². The summed E-state index contributed by atoms with van der Waals surface area (Å²) in [6.45, 7) is 7.77. The molecule has 1 saturated heterocycles. The van der Waals surface area contributed by atoms with Crippen LogP contribution < -0.4 is 15.5 Å². The molecule has 0 amide bonds. The predicted molar refractivity (Wildman–Crippen MR) is 106 cm³/mol. The molecule has 8 nitrogen and oxygen atoms in total. The Labute approximate surface area is 160 Å². The molecule has 0 spiro atoms. The highest BCUT2D eigenvalue weighted by atomic mass is 16.5. The summed E-state index contributed by atoms with van der Waals surface area (Å²) in [6.07, 6.45) is 0.0806. The third-order valence-electron chi connectivity index (χ3n) is 4.25. The number of rotatable bonds is 7. The molecule has 0 bridgehead atoms. The molecule has 0 radical (unpaired) electrons. The van der Waals surface area contributed by atoms with Crippen LogP contribution in [0.2, 0.25) is 0 Å². The van der Waals surface area contributed by atoms with Crippen molar-refractivity contribution in [3.63, 3.8) is 0 Å². The van der Waals surface area contributed by atoms with Crippen LogP contribution in [0.15, 0.2) is 30.3 Å². The zero-order chi connectivity index (χ0) is 19.2. The van der Waals surface area contributed by atoms with Gasteiger partial charge < -0.3 is 25.4 Å². The van der Waals surface area contributed by atoms with Crippen molar-refractivity contribution >= 4 is 17.8 Å². The normalized spacial score (nSPS) is 20.0. The van der Waals surface area contributed by atoms with E-state index in [2.05, 4.69) is 42.6 Å². The number of hydrogen-bond acceptors (Lipinski definition) is 8. The number of nitrogens with zero attached hydrogens (tertiary/aromatic N) is 4. The quantitative estimate of drug-likeness (QED) is 0.680. The van der Waals surface area contributed by atoms with E-state index in [1.165, 1.54) is 0 Å². The molecule has 3 N–H and O–H groups in total. The Hall–Kier alpha value is -2.45. The van der Waals surface area contributed by atoms with Gasteiger partial charge in [-0.2, -0.15) is 15.0 Å². The van der Waals surface area contributed by atoms with Crippen molar-refractivity contribution in [3.05, 3.63) is 35.9 Å². The summed E-state index contributed by atoms with van der Waals surface area (Å²) in [5.74, 6) is 1.56. The monoisotopic (exact) mass is 372 g/mol. The summed E-state index contributed by atoms with van der Waals surface area (Å²) >= 11 is 0. The van der Waals surface area contributed by atoms with Gasteiger partial charge in [0.1, 0.15) is 0 Å². The summed E-state index contributed by atoms with van der Waals surface area (Å²) in [5.41, 5.74) is 1.16. The first-order chi connectivity index (χ1) is 13.1. The second-order valence-electron chi connectivity index (χ2n) is 6.95. The van der Waals surface area contributed by atoms with Crippen molar-refractivity contribution in [2.24, 2.45) is 0 Å². The van der Waals surface area contributed by atoms with Crippen molar-refractivity contribution in [2.75, 3.05) is 41.8 Å². The van der Waals surface area contributed by atoms with Gasteiger partial charge in [0.25, 0.3) is 0 Å². The first-order valence-electron chi connectivity index (χ1n) is 9.37. The molecular weight excluding hydrogens is 344 g/mol. The molecule has 2 aromatic rings. The average Bonchev–Trinajstić information content (AvgIpc) is 2.66. The molecule has 1 aliphatic rings. The number of ether oxygens (including phenoxy) is 1. The third kappa shape index (κ3) is 5.05. The van der Waals surface area contributed by atoms with E-state index in [0.717, 1.165) is 5.56 Å². The number of anilines is 3.